The Morgan fingerprint density at radius 1 is 1.21 bits per heavy atom. The summed E-state index contributed by atoms with van der Waals surface area (Å²) in [4.78, 5) is 50.5. The van der Waals surface area contributed by atoms with Crippen LogP contribution in [0.15, 0.2) is 11.8 Å². The first kappa shape index (κ1) is 26.9. The van der Waals surface area contributed by atoms with E-state index in [9.17, 15) is 29.4 Å². The molecule has 5 rings (SSSR count). The Kier molecular flexibility index (Phi) is 6.15. The second-order valence-corrected chi connectivity index (χ2v) is 12.4. The Bertz CT molecular complexity index is 1090. The maximum Gasteiger partial charge on any atom is 0.314 e. The zero-order valence-corrected chi connectivity index (χ0v) is 22.5. The Morgan fingerprint density at radius 3 is 2.53 bits per heavy atom. The molecule has 11 atom stereocenters. The highest BCUT2D eigenvalue weighted by Gasteiger charge is 2.82. The summed E-state index contributed by atoms with van der Waals surface area (Å²) in [6.07, 6.45) is -2.64. The van der Waals surface area contributed by atoms with Gasteiger partial charge in [-0.1, -0.05) is 0 Å². The van der Waals surface area contributed by atoms with Crippen molar-refractivity contribution in [3.05, 3.63) is 11.8 Å². The lowest BCUT2D eigenvalue weighted by Gasteiger charge is -2.51. The number of fused-ring (bicyclic) bond motifs is 3. The van der Waals surface area contributed by atoms with Crippen molar-refractivity contribution in [2.45, 2.75) is 97.1 Å². The largest absolute Gasteiger partial charge is 0.462 e. The Hall–Kier alpha value is -2.66. The maximum absolute atomic E-state index is 13.4. The summed E-state index contributed by atoms with van der Waals surface area (Å²) in [6, 6.07) is 0. The molecule has 3 bridgehead atoms. The van der Waals surface area contributed by atoms with Gasteiger partial charge in [0.25, 0.3) is 0 Å². The van der Waals surface area contributed by atoms with Crippen LogP contribution in [0.5, 0.6) is 0 Å². The van der Waals surface area contributed by atoms with Gasteiger partial charge in [-0.15, -0.1) is 0 Å². The van der Waals surface area contributed by atoms with E-state index in [2.05, 4.69) is 0 Å². The van der Waals surface area contributed by atoms with Crippen LogP contribution in [0.4, 0.5) is 0 Å². The lowest BCUT2D eigenvalue weighted by atomic mass is 9.61. The second-order valence-electron chi connectivity index (χ2n) is 12.4. The number of carbonyl (C=O) groups excluding carboxylic acids is 4. The summed E-state index contributed by atoms with van der Waals surface area (Å²) in [5, 5.41) is 21.1. The highest BCUT2D eigenvalue weighted by Crippen LogP contribution is 2.77. The summed E-state index contributed by atoms with van der Waals surface area (Å²) < 4.78 is 28.6. The monoisotopic (exact) mass is 536 g/mol. The van der Waals surface area contributed by atoms with E-state index in [1.807, 2.05) is 0 Å². The van der Waals surface area contributed by atoms with Crippen LogP contribution < -0.4 is 0 Å². The van der Waals surface area contributed by atoms with Gasteiger partial charge >= 0.3 is 23.9 Å². The van der Waals surface area contributed by atoms with E-state index in [1.165, 1.54) is 20.1 Å². The molecular weight excluding hydrogens is 500 g/mol. The Morgan fingerprint density at radius 2 is 1.89 bits per heavy atom. The first-order valence-electron chi connectivity index (χ1n) is 13.2. The van der Waals surface area contributed by atoms with Crippen molar-refractivity contribution in [3.63, 3.8) is 0 Å². The van der Waals surface area contributed by atoms with E-state index in [4.69, 9.17) is 23.7 Å². The summed E-state index contributed by atoms with van der Waals surface area (Å²) in [6.45, 7) is 9.29. The topological polar surface area (TPSA) is 155 Å². The van der Waals surface area contributed by atoms with Crippen LogP contribution >= 0.6 is 0 Å². The molecule has 5 aliphatic rings. The molecule has 210 valence electrons. The predicted molar refractivity (Wildman–Crippen MR) is 126 cm³/mol. The van der Waals surface area contributed by atoms with Gasteiger partial charge in [-0.25, -0.2) is 0 Å². The summed E-state index contributed by atoms with van der Waals surface area (Å²) in [5.41, 5.74) is -2.36. The molecule has 2 heterocycles. The number of aliphatic hydroxyl groups is 2. The number of esters is 4. The van der Waals surface area contributed by atoms with Gasteiger partial charge in [-0.05, 0) is 47.5 Å². The Balaban J connectivity index is 1.47. The first-order valence-corrected chi connectivity index (χ1v) is 13.2. The van der Waals surface area contributed by atoms with Gasteiger partial charge in [0, 0.05) is 35.7 Å². The molecule has 11 nitrogen and oxygen atoms in total. The van der Waals surface area contributed by atoms with Crippen molar-refractivity contribution in [3.8, 4) is 0 Å². The molecule has 38 heavy (non-hydrogen) atoms. The van der Waals surface area contributed by atoms with Crippen LogP contribution in [-0.4, -0.2) is 70.4 Å². The quantitative estimate of drug-likeness (QED) is 0.358. The van der Waals surface area contributed by atoms with E-state index < -0.39 is 94.7 Å². The van der Waals surface area contributed by atoms with E-state index in [-0.39, 0.29) is 12.8 Å². The van der Waals surface area contributed by atoms with Crippen LogP contribution in [0.1, 0.15) is 60.8 Å². The molecule has 0 aromatic carbocycles. The van der Waals surface area contributed by atoms with E-state index >= 15 is 0 Å². The van der Waals surface area contributed by atoms with Crippen LogP contribution in [0.3, 0.4) is 0 Å². The van der Waals surface area contributed by atoms with Crippen molar-refractivity contribution in [2.75, 3.05) is 0 Å². The van der Waals surface area contributed by atoms with Gasteiger partial charge in [0.15, 0.2) is 6.10 Å². The average Bonchev–Trinajstić information content (AvgIpc) is 3.19. The number of ether oxygens (including phenoxy) is 5. The second kappa shape index (κ2) is 8.67. The Labute approximate surface area is 220 Å². The van der Waals surface area contributed by atoms with Crippen molar-refractivity contribution in [1.82, 2.24) is 0 Å². The molecule has 0 aromatic rings. The molecular formula is C27H36O11. The minimum atomic E-state index is -1.14. The lowest BCUT2D eigenvalue weighted by molar-refractivity contribution is -0.215. The van der Waals surface area contributed by atoms with Gasteiger partial charge in [0.05, 0.1) is 36.2 Å². The van der Waals surface area contributed by atoms with E-state index in [0.717, 1.165) is 0 Å². The van der Waals surface area contributed by atoms with Crippen molar-refractivity contribution in [1.29, 1.82) is 0 Å². The van der Waals surface area contributed by atoms with Crippen molar-refractivity contribution < 1.29 is 53.1 Å². The SMILES string of the molecule is CC(=O)OC(C)(C)CC(=O)O[C@@H]1[C@@H]2OC(=O)[C@]3(C)[C@H]1C[C@@]14C2=CO[C@@H](OC(=O)C(C)C(C)O)[C@@H]1C[C@@H](O)[C@@H]34. The highest BCUT2D eigenvalue weighted by molar-refractivity contribution is 5.82. The van der Waals surface area contributed by atoms with Crippen LogP contribution in [0.2, 0.25) is 0 Å². The smallest absolute Gasteiger partial charge is 0.314 e. The van der Waals surface area contributed by atoms with Crippen molar-refractivity contribution in [2.24, 2.45) is 34.5 Å². The minimum Gasteiger partial charge on any atom is -0.462 e. The number of hydrogen-bond donors (Lipinski definition) is 2. The normalized spacial score (nSPS) is 41.7. The van der Waals surface area contributed by atoms with E-state index in [1.54, 1.807) is 27.7 Å². The lowest BCUT2D eigenvalue weighted by Crippen LogP contribution is -2.58. The molecule has 4 fully saturated rings. The standard InChI is InChI=1S/C27H36O11/c1-11(12(2)28)22(32)37-23-14-7-17(30)21-26(6)15-8-27(14,21)16(10-34-23)20(36-24(26)33)19(15)35-18(31)9-25(4,5)38-13(3)29/h10-12,14-15,17,19-21,23,28,30H,7-9H2,1-6H3/t11?,12?,14-,15-,17+,19-,20+,21-,23-,26+,27-/m0/s1. The predicted octanol–water partition coefficient (Wildman–Crippen LogP) is 1.38. The molecule has 11 heteroatoms. The molecule has 2 N–H and O–H groups in total. The molecule has 0 radical (unpaired) electrons. The van der Waals surface area contributed by atoms with Gasteiger partial charge in [-0.2, -0.15) is 0 Å². The third-order valence-electron chi connectivity index (χ3n) is 9.53. The molecule has 3 saturated carbocycles. The van der Waals surface area contributed by atoms with Crippen molar-refractivity contribution >= 4 is 23.9 Å². The van der Waals surface area contributed by atoms with Gasteiger partial charge < -0.3 is 33.9 Å². The number of rotatable bonds is 7. The summed E-state index contributed by atoms with van der Waals surface area (Å²) in [5.74, 6) is -4.42. The van der Waals surface area contributed by atoms with Gasteiger partial charge in [0.2, 0.25) is 6.29 Å². The molecule has 1 spiro atoms. The summed E-state index contributed by atoms with van der Waals surface area (Å²) in [7, 11) is 0. The zero-order valence-electron chi connectivity index (χ0n) is 22.5. The number of aliphatic hydroxyl groups excluding tert-OH is 2. The molecule has 0 aromatic heterocycles. The fourth-order valence-corrected chi connectivity index (χ4v) is 7.88. The molecule has 0 amide bonds. The third kappa shape index (κ3) is 3.68. The van der Waals surface area contributed by atoms with Crippen LogP contribution in [-0.2, 0) is 42.9 Å². The molecule has 1 saturated heterocycles. The van der Waals surface area contributed by atoms with Crippen LogP contribution in [0, 0.1) is 34.5 Å². The van der Waals surface area contributed by atoms with E-state index in [0.29, 0.717) is 12.0 Å². The highest BCUT2D eigenvalue weighted by atomic mass is 16.7. The van der Waals surface area contributed by atoms with Crippen LogP contribution in [0.25, 0.3) is 0 Å². The third-order valence-corrected chi connectivity index (χ3v) is 9.53. The fourth-order valence-electron chi connectivity index (χ4n) is 7.88. The maximum atomic E-state index is 13.4. The first-order chi connectivity index (χ1) is 17.6. The molecule has 2 unspecified atom stereocenters. The fraction of sp³-hybridized carbons (Fsp3) is 0.778. The summed E-state index contributed by atoms with van der Waals surface area (Å²) >= 11 is 0. The average molecular weight is 537 g/mol. The van der Waals surface area contributed by atoms with Gasteiger partial charge in [0.1, 0.15) is 11.7 Å². The zero-order chi connectivity index (χ0) is 27.9. The molecule has 3 aliphatic carbocycles. The molecule has 2 aliphatic heterocycles. The van der Waals surface area contributed by atoms with Gasteiger partial charge in [-0.3, -0.25) is 19.2 Å². The number of hydrogen-bond acceptors (Lipinski definition) is 11. The minimum absolute atomic E-state index is 0.192. The number of carbonyl (C=O) groups is 4.